The molecule has 1 unspecified atom stereocenters. The van der Waals surface area contributed by atoms with Crippen molar-refractivity contribution >= 4 is 12.1 Å². The number of rotatable bonds is 6. The smallest absolute Gasteiger partial charge is 0.410 e. The second-order valence-corrected chi connectivity index (χ2v) is 4.06. The average molecular weight is 245 g/mol. The van der Waals surface area contributed by atoms with E-state index in [1.165, 1.54) is 0 Å². The van der Waals surface area contributed by atoms with E-state index in [0.29, 0.717) is 13.2 Å². The number of carbonyl (C=O) groups excluding carboxylic acids is 2. The summed E-state index contributed by atoms with van der Waals surface area (Å²) in [5.74, 6) is -0.296. The molecular formula is C12H23NO4. The van der Waals surface area contributed by atoms with E-state index in [4.69, 9.17) is 9.47 Å². The molecule has 17 heavy (non-hydrogen) atoms. The quantitative estimate of drug-likeness (QED) is 0.673. The predicted molar refractivity (Wildman–Crippen MR) is 64.7 cm³/mol. The van der Waals surface area contributed by atoms with E-state index in [2.05, 4.69) is 0 Å². The summed E-state index contributed by atoms with van der Waals surface area (Å²) in [7, 11) is 0. The largest absolute Gasteiger partial charge is 0.466 e. The number of nitrogens with zero attached hydrogens (tertiary/aromatic N) is 1. The molecule has 1 atom stereocenters. The van der Waals surface area contributed by atoms with Crippen molar-refractivity contribution in [2.24, 2.45) is 0 Å². The molecule has 0 N–H and O–H groups in total. The Balaban J connectivity index is 4.49. The van der Waals surface area contributed by atoms with Gasteiger partial charge < -0.3 is 14.4 Å². The minimum Gasteiger partial charge on any atom is -0.466 e. The number of hydrogen-bond donors (Lipinski definition) is 0. The third-order valence-corrected chi connectivity index (χ3v) is 2.28. The van der Waals surface area contributed by atoms with Crippen molar-refractivity contribution in [3.8, 4) is 0 Å². The molecule has 5 nitrogen and oxygen atoms in total. The van der Waals surface area contributed by atoms with Crippen LogP contribution in [0, 0.1) is 0 Å². The first-order valence-corrected chi connectivity index (χ1v) is 6.04. The zero-order valence-corrected chi connectivity index (χ0v) is 11.4. The Bertz CT molecular complexity index is 253. The molecule has 0 aliphatic heterocycles. The molecule has 5 heteroatoms. The summed E-state index contributed by atoms with van der Waals surface area (Å²) in [6.07, 6.45) is -0.204. The number of hydrogen-bond acceptors (Lipinski definition) is 4. The van der Waals surface area contributed by atoms with Crippen molar-refractivity contribution in [2.45, 2.75) is 53.1 Å². The topological polar surface area (TPSA) is 55.8 Å². The molecule has 0 aromatic rings. The predicted octanol–water partition coefficient (Wildman–Crippen LogP) is 2.20. The van der Waals surface area contributed by atoms with Crippen LogP contribution in [0.1, 0.15) is 41.0 Å². The van der Waals surface area contributed by atoms with Crippen molar-refractivity contribution in [3.05, 3.63) is 0 Å². The number of ether oxygens (including phenoxy) is 2. The maximum absolute atomic E-state index is 11.7. The lowest BCUT2D eigenvalue weighted by molar-refractivity contribution is -0.144. The molecule has 0 radical (unpaired) electrons. The van der Waals surface area contributed by atoms with Crippen LogP contribution >= 0.6 is 0 Å². The van der Waals surface area contributed by atoms with Crippen LogP contribution in [0.5, 0.6) is 0 Å². The molecule has 0 aromatic carbocycles. The van der Waals surface area contributed by atoms with E-state index in [1.54, 1.807) is 18.7 Å². The highest BCUT2D eigenvalue weighted by atomic mass is 16.6. The molecule has 0 bridgehead atoms. The summed E-state index contributed by atoms with van der Waals surface area (Å²) in [6.45, 7) is 9.78. The third kappa shape index (κ3) is 5.56. The maximum atomic E-state index is 11.7. The van der Waals surface area contributed by atoms with E-state index in [-0.39, 0.29) is 30.6 Å². The molecule has 0 aliphatic rings. The van der Waals surface area contributed by atoms with Crippen molar-refractivity contribution in [1.82, 2.24) is 4.90 Å². The van der Waals surface area contributed by atoms with E-state index < -0.39 is 0 Å². The first-order chi connectivity index (χ1) is 7.93. The Hall–Kier alpha value is -1.26. The van der Waals surface area contributed by atoms with Crippen LogP contribution in [0.25, 0.3) is 0 Å². The van der Waals surface area contributed by atoms with E-state index in [9.17, 15) is 9.59 Å². The molecule has 0 rings (SSSR count). The third-order valence-electron chi connectivity index (χ3n) is 2.28. The lowest BCUT2D eigenvalue weighted by Gasteiger charge is -2.31. The van der Waals surface area contributed by atoms with Crippen molar-refractivity contribution < 1.29 is 19.1 Å². The van der Waals surface area contributed by atoms with Gasteiger partial charge in [0.2, 0.25) is 0 Å². The fourth-order valence-electron chi connectivity index (χ4n) is 1.66. The molecule has 1 amide bonds. The summed E-state index contributed by atoms with van der Waals surface area (Å²) < 4.78 is 9.83. The summed E-state index contributed by atoms with van der Waals surface area (Å²) in [5.41, 5.74) is 0. The highest BCUT2D eigenvalue weighted by Crippen LogP contribution is 2.11. The van der Waals surface area contributed by atoms with Gasteiger partial charge in [0.1, 0.15) is 0 Å². The van der Waals surface area contributed by atoms with Gasteiger partial charge in [-0.05, 0) is 34.6 Å². The summed E-state index contributed by atoms with van der Waals surface area (Å²) in [5, 5.41) is 0. The number of esters is 1. The maximum Gasteiger partial charge on any atom is 0.410 e. The first kappa shape index (κ1) is 15.7. The monoisotopic (exact) mass is 245 g/mol. The number of carbonyl (C=O) groups is 2. The Labute approximate surface area is 103 Å². The van der Waals surface area contributed by atoms with Gasteiger partial charge in [-0.15, -0.1) is 0 Å². The van der Waals surface area contributed by atoms with E-state index in [1.807, 2.05) is 20.8 Å². The van der Waals surface area contributed by atoms with Gasteiger partial charge in [-0.25, -0.2) is 4.79 Å². The van der Waals surface area contributed by atoms with Crippen molar-refractivity contribution in [2.75, 3.05) is 13.2 Å². The second kappa shape index (κ2) is 7.92. The first-order valence-electron chi connectivity index (χ1n) is 6.04. The highest BCUT2D eigenvalue weighted by molar-refractivity contribution is 5.73. The zero-order valence-electron chi connectivity index (χ0n) is 11.4. The molecule has 0 saturated carbocycles. The Kier molecular flexibility index (Phi) is 7.34. The van der Waals surface area contributed by atoms with E-state index >= 15 is 0 Å². The normalized spacial score (nSPS) is 12.1. The van der Waals surface area contributed by atoms with E-state index in [0.717, 1.165) is 0 Å². The summed E-state index contributed by atoms with van der Waals surface area (Å²) in [6, 6.07) is -0.244. The van der Waals surface area contributed by atoms with Crippen LogP contribution < -0.4 is 0 Å². The molecule has 0 aromatic heterocycles. The fraction of sp³-hybridized carbons (Fsp3) is 0.833. The standard InChI is InChI=1S/C12H23NO4/c1-6-16-11(14)8-10(5)13(9(3)4)12(15)17-7-2/h9-10H,6-8H2,1-5H3. The van der Waals surface area contributed by atoms with Gasteiger partial charge in [-0.3, -0.25) is 4.79 Å². The number of amides is 1. The van der Waals surface area contributed by atoms with Crippen LogP contribution in [0.4, 0.5) is 4.79 Å². The van der Waals surface area contributed by atoms with Crippen LogP contribution in [0.15, 0.2) is 0 Å². The van der Waals surface area contributed by atoms with Gasteiger partial charge in [0.25, 0.3) is 0 Å². The highest BCUT2D eigenvalue weighted by Gasteiger charge is 2.26. The minimum atomic E-state index is -0.390. The molecular weight excluding hydrogens is 222 g/mol. The van der Waals surface area contributed by atoms with Crippen molar-refractivity contribution in [1.29, 1.82) is 0 Å². The second-order valence-electron chi connectivity index (χ2n) is 4.06. The van der Waals surface area contributed by atoms with Gasteiger partial charge >= 0.3 is 12.1 Å². The average Bonchev–Trinajstić information content (AvgIpc) is 2.17. The van der Waals surface area contributed by atoms with Gasteiger partial charge in [-0.2, -0.15) is 0 Å². The summed E-state index contributed by atoms with van der Waals surface area (Å²) >= 11 is 0. The van der Waals surface area contributed by atoms with Gasteiger partial charge in [-0.1, -0.05) is 0 Å². The zero-order chi connectivity index (χ0) is 13.4. The van der Waals surface area contributed by atoms with Crippen LogP contribution in [0.2, 0.25) is 0 Å². The Morgan fingerprint density at radius 1 is 1.06 bits per heavy atom. The molecule has 0 aliphatic carbocycles. The van der Waals surface area contributed by atoms with Gasteiger partial charge in [0, 0.05) is 12.1 Å². The molecule has 0 heterocycles. The van der Waals surface area contributed by atoms with Gasteiger partial charge in [0.15, 0.2) is 0 Å². The lowest BCUT2D eigenvalue weighted by atomic mass is 10.2. The fourth-order valence-corrected chi connectivity index (χ4v) is 1.66. The van der Waals surface area contributed by atoms with Crippen LogP contribution in [-0.4, -0.2) is 42.3 Å². The van der Waals surface area contributed by atoms with Crippen LogP contribution in [-0.2, 0) is 14.3 Å². The minimum absolute atomic E-state index is 0.0153. The van der Waals surface area contributed by atoms with Crippen molar-refractivity contribution in [3.63, 3.8) is 0 Å². The van der Waals surface area contributed by atoms with Crippen LogP contribution in [0.3, 0.4) is 0 Å². The van der Waals surface area contributed by atoms with Gasteiger partial charge in [0.05, 0.1) is 19.6 Å². The Morgan fingerprint density at radius 2 is 1.59 bits per heavy atom. The Morgan fingerprint density at radius 3 is 2.00 bits per heavy atom. The molecule has 100 valence electrons. The SMILES string of the molecule is CCOC(=O)CC(C)N(C(=O)OCC)C(C)C. The lowest BCUT2D eigenvalue weighted by Crippen LogP contribution is -2.44. The molecule has 0 saturated heterocycles. The summed E-state index contributed by atoms with van der Waals surface area (Å²) in [4.78, 5) is 24.6. The molecule has 0 fully saturated rings. The molecule has 0 spiro atoms.